The average molecular weight is 360 g/mol. The van der Waals surface area contributed by atoms with Gasteiger partial charge in [0.1, 0.15) is 15.8 Å². The molecule has 0 aliphatic rings. The zero-order valence-electron chi connectivity index (χ0n) is 12.7. The third-order valence-corrected chi connectivity index (χ3v) is 4.22. The number of rotatable bonds is 5. The molecular weight excluding hydrogens is 346 g/mol. The zero-order valence-corrected chi connectivity index (χ0v) is 14.3. The van der Waals surface area contributed by atoms with Crippen LogP contribution >= 0.6 is 22.9 Å². The molecule has 122 valence electrons. The quantitative estimate of drug-likeness (QED) is 0.719. The fourth-order valence-corrected chi connectivity index (χ4v) is 2.79. The predicted molar refractivity (Wildman–Crippen MR) is 95.6 cm³/mol. The van der Waals surface area contributed by atoms with Gasteiger partial charge in [-0.2, -0.15) is 0 Å². The molecule has 3 aromatic rings. The van der Waals surface area contributed by atoms with Crippen LogP contribution in [0.15, 0.2) is 48.4 Å². The first kappa shape index (κ1) is 16.4. The van der Waals surface area contributed by atoms with E-state index in [9.17, 15) is 4.79 Å². The molecule has 2 aromatic heterocycles. The Balaban J connectivity index is 1.71. The van der Waals surface area contributed by atoms with E-state index in [1.165, 1.54) is 17.5 Å². The predicted octanol–water partition coefficient (Wildman–Crippen LogP) is 4.01. The number of thiazole rings is 1. The molecule has 6 nitrogen and oxygen atoms in total. The molecule has 1 amide bonds. The Kier molecular flexibility index (Phi) is 5.02. The molecule has 8 heteroatoms. The first-order chi connectivity index (χ1) is 11.6. The molecule has 24 heavy (non-hydrogen) atoms. The van der Waals surface area contributed by atoms with Crippen LogP contribution < -0.4 is 10.6 Å². The SMILES string of the molecule is C[C@H](Nc1cncc(Cl)n1)c1cccc(NC(=O)c2cncs2)c1. The Morgan fingerprint density at radius 1 is 1.25 bits per heavy atom. The first-order valence-electron chi connectivity index (χ1n) is 7.16. The van der Waals surface area contributed by atoms with E-state index in [0.29, 0.717) is 15.8 Å². The van der Waals surface area contributed by atoms with Gasteiger partial charge in [0.2, 0.25) is 0 Å². The van der Waals surface area contributed by atoms with Crippen LogP contribution in [0, 0.1) is 0 Å². The summed E-state index contributed by atoms with van der Waals surface area (Å²) in [6.07, 6.45) is 4.64. The summed E-state index contributed by atoms with van der Waals surface area (Å²) in [4.78, 5) is 24.7. The highest BCUT2D eigenvalue weighted by atomic mass is 35.5. The van der Waals surface area contributed by atoms with Crippen molar-refractivity contribution in [3.63, 3.8) is 0 Å². The van der Waals surface area contributed by atoms with E-state index in [0.717, 1.165) is 11.3 Å². The van der Waals surface area contributed by atoms with Crippen LogP contribution in [0.25, 0.3) is 0 Å². The van der Waals surface area contributed by atoms with Gasteiger partial charge in [0.15, 0.2) is 0 Å². The molecule has 0 aliphatic heterocycles. The molecule has 0 fully saturated rings. The maximum Gasteiger partial charge on any atom is 0.267 e. The van der Waals surface area contributed by atoms with Gasteiger partial charge >= 0.3 is 0 Å². The minimum atomic E-state index is -0.170. The number of nitrogens with zero attached hydrogens (tertiary/aromatic N) is 3. The van der Waals surface area contributed by atoms with Crippen LogP contribution in [-0.2, 0) is 0 Å². The van der Waals surface area contributed by atoms with E-state index in [2.05, 4.69) is 25.6 Å². The van der Waals surface area contributed by atoms with Gasteiger partial charge in [-0.3, -0.25) is 14.8 Å². The smallest absolute Gasteiger partial charge is 0.267 e. The number of anilines is 2. The van der Waals surface area contributed by atoms with Crippen molar-refractivity contribution >= 4 is 40.4 Å². The Bertz CT molecular complexity index is 840. The van der Waals surface area contributed by atoms with Crippen LogP contribution in [-0.4, -0.2) is 20.9 Å². The van der Waals surface area contributed by atoms with E-state index < -0.39 is 0 Å². The van der Waals surface area contributed by atoms with Gasteiger partial charge in [-0.25, -0.2) is 4.98 Å². The summed E-state index contributed by atoms with van der Waals surface area (Å²) < 4.78 is 0. The summed E-state index contributed by atoms with van der Waals surface area (Å²) in [5.74, 6) is 0.421. The number of hydrogen-bond acceptors (Lipinski definition) is 6. The molecule has 2 N–H and O–H groups in total. The summed E-state index contributed by atoms with van der Waals surface area (Å²) in [5, 5.41) is 6.43. The number of carbonyl (C=O) groups excluding carboxylic acids is 1. The van der Waals surface area contributed by atoms with Gasteiger partial charge in [0, 0.05) is 5.69 Å². The van der Waals surface area contributed by atoms with E-state index in [4.69, 9.17) is 11.6 Å². The molecule has 0 unspecified atom stereocenters. The molecule has 0 aliphatic carbocycles. The summed E-state index contributed by atoms with van der Waals surface area (Å²) in [7, 11) is 0. The lowest BCUT2D eigenvalue weighted by molar-refractivity contribution is 0.103. The maximum atomic E-state index is 12.1. The second-order valence-corrected chi connectivity index (χ2v) is 6.31. The highest BCUT2D eigenvalue weighted by Crippen LogP contribution is 2.22. The fraction of sp³-hybridized carbons (Fsp3) is 0.125. The normalized spacial score (nSPS) is 11.8. The highest BCUT2D eigenvalue weighted by Gasteiger charge is 2.10. The Hall–Kier alpha value is -2.51. The molecule has 0 spiro atoms. The van der Waals surface area contributed by atoms with Gasteiger partial charge in [0.05, 0.1) is 30.1 Å². The highest BCUT2D eigenvalue weighted by molar-refractivity contribution is 7.11. The van der Waals surface area contributed by atoms with Gasteiger partial charge in [-0.05, 0) is 24.6 Å². The van der Waals surface area contributed by atoms with E-state index in [1.807, 2.05) is 31.2 Å². The van der Waals surface area contributed by atoms with Crippen LogP contribution in [0.5, 0.6) is 0 Å². The number of carbonyl (C=O) groups is 1. The van der Waals surface area contributed by atoms with Crippen LogP contribution in [0.2, 0.25) is 5.15 Å². The van der Waals surface area contributed by atoms with Crippen molar-refractivity contribution in [2.24, 2.45) is 0 Å². The summed E-state index contributed by atoms with van der Waals surface area (Å²) >= 11 is 7.14. The number of nitrogens with one attached hydrogen (secondary N) is 2. The van der Waals surface area contributed by atoms with E-state index >= 15 is 0 Å². The molecule has 1 aromatic carbocycles. The van der Waals surface area contributed by atoms with Crippen molar-refractivity contribution in [2.45, 2.75) is 13.0 Å². The molecule has 0 bridgehead atoms. The lowest BCUT2D eigenvalue weighted by Gasteiger charge is -2.16. The minimum absolute atomic E-state index is 0.0296. The largest absolute Gasteiger partial charge is 0.362 e. The second-order valence-electron chi connectivity index (χ2n) is 5.04. The van der Waals surface area contributed by atoms with Crippen molar-refractivity contribution in [3.8, 4) is 0 Å². The standard InChI is InChI=1S/C16H14ClN5OS/c1-10(20-15-8-18-7-14(17)22-15)11-3-2-4-12(5-11)21-16(23)13-6-19-9-24-13/h2-10H,1H3,(H,20,22)(H,21,23)/t10-/m0/s1. The molecule has 2 heterocycles. The number of benzene rings is 1. The topological polar surface area (TPSA) is 79.8 Å². The average Bonchev–Trinajstić information content (AvgIpc) is 3.10. The van der Waals surface area contributed by atoms with Crippen LogP contribution in [0.3, 0.4) is 0 Å². The number of hydrogen-bond donors (Lipinski definition) is 2. The monoisotopic (exact) mass is 359 g/mol. The molecular formula is C16H14ClN5OS. The second kappa shape index (κ2) is 7.37. The third-order valence-electron chi connectivity index (χ3n) is 3.27. The van der Waals surface area contributed by atoms with Crippen molar-refractivity contribution in [1.29, 1.82) is 0 Å². The van der Waals surface area contributed by atoms with Crippen molar-refractivity contribution in [2.75, 3.05) is 10.6 Å². The van der Waals surface area contributed by atoms with Crippen molar-refractivity contribution in [3.05, 3.63) is 64.0 Å². The molecule has 0 radical (unpaired) electrons. The van der Waals surface area contributed by atoms with E-state index in [-0.39, 0.29) is 11.9 Å². The van der Waals surface area contributed by atoms with Gasteiger partial charge in [0.25, 0.3) is 5.91 Å². The molecule has 0 saturated heterocycles. The van der Waals surface area contributed by atoms with Gasteiger partial charge in [-0.1, -0.05) is 23.7 Å². The first-order valence-corrected chi connectivity index (χ1v) is 8.41. The van der Waals surface area contributed by atoms with Crippen LogP contribution in [0.4, 0.5) is 11.5 Å². The molecule has 1 atom stereocenters. The summed E-state index contributed by atoms with van der Waals surface area (Å²) in [6, 6.07) is 7.58. The minimum Gasteiger partial charge on any atom is -0.362 e. The van der Waals surface area contributed by atoms with Gasteiger partial charge in [-0.15, -0.1) is 11.3 Å². The summed E-state index contributed by atoms with van der Waals surface area (Å²) in [5.41, 5.74) is 3.35. The lowest BCUT2D eigenvalue weighted by Crippen LogP contribution is -2.12. The summed E-state index contributed by atoms with van der Waals surface area (Å²) in [6.45, 7) is 1.99. The van der Waals surface area contributed by atoms with Crippen molar-refractivity contribution < 1.29 is 4.79 Å². The molecule has 0 saturated carbocycles. The van der Waals surface area contributed by atoms with Gasteiger partial charge < -0.3 is 10.6 Å². The maximum absolute atomic E-state index is 12.1. The lowest BCUT2D eigenvalue weighted by atomic mass is 10.1. The molecule has 3 rings (SSSR count). The Labute approximate surface area is 148 Å². The fourth-order valence-electron chi connectivity index (χ4n) is 2.12. The third kappa shape index (κ3) is 4.06. The Morgan fingerprint density at radius 2 is 2.12 bits per heavy atom. The van der Waals surface area contributed by atoms with E-state index in [1.54, 1.807) is 17.9 Å². The zero-order chi connectivity index (χ0) is 16.9. The van der Waals surface area contributed by atoms with Crippen molar-refractivity contribution in [1.82, 2.24) is 15.0 Å². The van der Waals surface area contributed by atoms with Crippen LogP contribution in [0.1, 0.15) is 28.2 Å². The Morgan fingerprint density at radius 3 is 2.88 bits per heavy atom. The number of amides is 1. The number of halogens is 1. The number of aromatic nitrogens is 3.